The van der Waals surface area contributed by atoms with Gasteiger partial charge in [-0.2, -0.15) is 0 Å². The molecular formula is C31H47ClN4O3. The van der Waals surface area contributed by atoms with Gasteiger partial charge in [0.25, 0.3) is 5.91 Å². The van der Waals surface area contributed by atoms with Gasteiger partial charge in [0.2, 0.25) is 5.91 Å². The van der Waals surface area contributed by atoms with Gasteiger partial charge >= 0.3 is 6.03 Å². The van der Waals surface area contributed by atoms with Crippen molar-refractivity contribution in [3.05, 3.63) is 35.9 Å². The number of carbonyl (C=O) groups is 3. The Morgan fingerprint density at radius 1 is 1.03 bits per heavy atom. The van der Waals surface area contributed by atoms with Gasteiger partial charge in [-0.05, 0) is 63.4 Å². The monoisotopic (exact) mass is 558 g/mol. The van der Waals surface area contributed by atoms with Gasteiger partial charge in [0.05, 0.1) is 0 Å². The van der Waals surface area contributed by atoms with Crippen molar-refractivity contribution in [2.75, 3.05) is 26.2 Å². The lowest BCUT2D eigenvalue weighted by atomic mass is 9.79. The molecule has 0 aromatic heterocycles. The second-order valence-electron chi connectivity index (χ2n) is 13.6. The molecule has 7 nitrogen and oxygen atoms in total. The fourth-order valence-corrected chi connectivity index (χ4v) is 7.91. The van der Waals surface area contributed by atoms with E-state index in [0.717, 1.165) is 45.3 Å². The fourth-order valence-electron chi connectivity index (χ4n) is 7.91. The lowest BCUT2D eigenvalue weighted by Crippen LogP contribution is -2.62. The highest BCUT2D eigenvalue weighted by atomic mass is 35.5. The first-order valence-electron chi connectivity index (χ1n) is 14.7. The van der Waals surface area contributed by atoms with Crippen LogP contribution in [0.2, 0.25) is 0 Å². The molecule has 2 bridgehead atoms. The Bertz CT molecular complexity index is 1060. The smallest absolute Gasteiger partial charge is 0.327 e. The first kappa shape index (κ1) is 29.9. The number of rotatable bonds is 6. The predicted octanol–water partition coefficient (Wildman–Crippen LogP) is 5.14. The largest absolute Gasteiger partial charge is 0.342 e. The zero-order valence-corrected chi connectivity index (χ0v) is 25.4. The van der Waals surface area contributed by atoms with Crippen LogP contribution in [-0.4, -0.2) is 87.3 Å². The molecule has 0 saturated carbocycles. The summed E-state index contributed by atoms with van der Waals surface area (Å²) >= 11 is 0. The molecule has 4 aliphatic heterocycles. The fraction of sp³-hybridized carbons (Fsp3) is 0.710. The van der Waals surface area contributed by atoms with Crippen LogP contribution in [0, 0.1) is 11.3 Å². The van der Waals surface area contributed by atoms with Gasteiger partial charge in [-0.1, -0.05) is 51.1 Å². The lowest BCUT2D eigenvalue weighted by molar-refractivity contribution is -0.138. The quantitative estimate of drug-likeness (QED) is 0.453. The van der Waals surface area contributed by atoms with Crippen molar-refractivity contribution in [1.82, 2.24) is 19.6 Å². The summed E-state index contributed by atoms with van der Waals surface area (Å²) in [6.07, 6.45) is 4.15. The molecule has 0 N–H and O–H groups in total. The average Bonchev–Trinajstić information content (AvgIpc) is 3.43. The van der Waals surface area contributed by atoms with Crippen LogP contribution in [0.25, 0.3) is 0 Å². The van der Waals surface area contributed by atoms with Crippen molar-refractivity contribution < 1.29 is 14.4 Å². The SMILES string of the molecule is CCN1C(=O)N(C(C)C)C2(CC3CCC(C2)N3C[C@H]2CN(C(=O)CC(C)(C)C)C[C@@H]2c2ccccc2)C1=O.Cl. The zero-order chi connectivity index (χ0) is 27.4. The van der Waals surface area contributed by atoms with Crippen LogP contribution in [0.3, 0.4) is 0 Å². The van der Waals surface area contributed by atoms with Crippen molar-refractivity contribution in [3.63, 3.8) is 0 Å². The highest BCUT2D eigenvalue weighted by Gasteiger charge is 2.63. The van der Waals surface area contributed by atoms with Crippen LogP contribution in [0.5, 0.6) is 0 Å². The van der Waals surface area contributed by atoms with E-state index in [9.17, 15) is 14.4 Å². The van der Waals surface area contributed by atoms with E-state index >= 15 is 0 Å². The number of hydrogen-bond acceptors (Lipinski definition) is 4. The molecule has 39 heavy (non-hydrogen) atoms. The summed E-state index contributed by atoms with van der Waals surface area (Å²) in [5.74, 6) is 0.932. The van der Waals surface area contributed by atoms with Gasteiger partial charge < -0.3 is 9.80 Å². The molecule has 8 heteroatoms. The summed E-state index contributed by atoms with van der Waals surface area (Å²) in [6, 6.07) is 11.1. The first-order valence-corrected chi connectivity index (χ1v) is 14.7. The van der Waals surface area contributed by atoms with E-state index in [-0.39, 0.29) is 41.7 Å². The number of imide groups is 1. The van der Waals surface area contributed by atoms with Gasteiger partial charge in [-0.3, -0.25) is 19.4 Å². The maximum atomic E-state index is 13.7. The number of halogens is 1. The Hall–Kier alpha value is -2.12. The highest BCUT2D eigenvalue weighted by Crippen LogP contribution is 2.49. The van der Waals surface area contributed by atoms with E-state index in [0.29, 0.717) is 36.9 Å². The van der Waals surface area contributed by atoms with Gasteiger partial charge in [0.1, 0.15) is 5.54 Å². The summed E-state index contributed by atoms with van der Waals surface area (Å²) in [5, 5.41) is 0. The number of urea groups is 1. The van der Waals surface area contributed by atoms with E-state index in [1.54, 1.807) is 0 Å². The van der Waals surface area contributed by atoms with Crippen LogP contribution < -0.4 is 0 Å². The third-order valence-corrected chi connectivity index (χ3v) is 9.44. The van der Waals surface area contributed by atoms with Crippen molar-refractivity contribution in [2.45, 2.75) is 103 Å². The highest BCUT2D eigenvalue weighted by molar-refractivity contribution is 6.07. The molecule has 4 atom stereocenters. The summed E-state index contributed by atoms with van der Waals surface area (Å²) in [4.78, 5) is 48.3. The molecule has 1 aromatic carbocycles. The van der Waals surface area contributed by atoms with E-state index in [1.807, 2.05) is 25.7 Å². The lowest BCUT2D eigenvalue weighted by Gasteiger charge is -2.48. The maximum Gasteiger partial charge on any atom is 0.327 e. The molecule has 4 amide bonds. The van der Waals surface area contributed by atoms with Crippen molar-refractivity contribution in [3.8, 4) is 0 Å². The van der Waals surface area contributed by atoms with Crippen LogP contribution in [-0.2, 0) is 9.59 Å². The number of carbonyl (C=O) groups excluding carboxylic acids is 3. The van der Waals surface area contributed by atoms with Crippen LogP contribution in [0.4, 0.5) is 4.79 Å². The average molecular weight is 559 g/mol. The second kappa shape index (κ2) is 11.0. The van der Waals surface area contributed by atoms with Crippen molar-refractivity contribution >= 4 is 30.3 Å². The molecule has 2 unspecified atom stereocenters. The molecule has 4 saturated heterocycles. The zero-order valence-electron chi connectivity index (χ0n) is 24.6. The third-order valence-electron chi connectivity index (χ3n) is 9.44. The van der Waals surface area contributed by atoms with Crippen molar-refractivity contribution in [2.24, 2.45) is 11.3 Å². The minimum atomic E-state index is -0.702. The van der Waals surface area contributed by atoms with Gasteiger partial charge in [0.15, 0.2) is 0 Å². The standard InChI is InChI=1S/C31H46N4O3.ClH/c1-7-33-28(37)31(35(21(2)3)29(33)38)15-24-13-14-25(16-31)34(24)19-23-18-32(27(36)17-30(4,5)6)20-26(23)22-11-9-8-10-12-22;/h8-12,21,23-26H,7,13-20H2,1-6H3;1H/t23-,24?,25?,26-,31?;/m1./s1. The molecular weight excluding hydrogens is 512 g/mol. The number of hydrogen-bond donors (Lipinski definition) is 0. The number of piperidine rings is 1. The number of nitrogens with zero attached hydrogens (tertiary/aromatic N) is 4. The molecule has 4 aliphatic rings. The summed E-state index contributed by atoms with van der Waals surface area (Å²) in [6.45, 7) is 15.3. The molecule has 1 spiro atoms. The van der Waals surface area contributed by atoms with E-state index < -0.39 is 5.54 Å². The molecule has 4 heterocycles. The van der Waals surface area contributed by atoms with Crippen LogP contribution in [0.15, 0.2) is 30.3 Å². The number of likely N-dealkylation sites (tertiary alicyclic amines) is 1. The Morgan fingerprint density at radius 2 is 1.64 bits per heavy atom. The number of amides is 4. The van der Waals surface area contributed by atoms with E-state index in [4.69, 9.17) is 0 Å². The van der Waals surface area contributed by atoms with E-state index in [1.165, 1.54) is 10.5 Å². The molecule has 0 aliphatic carbocycles. The number of fused-ring (bicyclic) bond motifs is 2. The molecule has 4 fully saturated rings. The van der Waals surface area contributed by atoms with Crippen LogP contribution >= 0.6 is 12.4 Å². The molecule has 1 aromatic rings. The minimum Gasteiger partial charge on any atom is -0.342 e. The molecule has 216 valence electrons. The summed E-state index contributed by atoms with van der Waals surface area (Å²) < 4.78 is 0. The third kappa shape index (κ3) is 5.33. The Balaban J connectivity index is 0.00000353. The molecule has 5 rings (SSSR count). The Labute approximate surface area is 240 Å². The van der Waals surface area contributed by atoms with Gasteiger partial charge in [-0.25, -0.2) is 4.79 Å². The van der Waals surface area contributed by atoms with Crippen LogP contribution in [0.1, 0.15) is 85.1 Å². The Morgan fingerprint density at radius 3 is 2.18 bits per heavy atom. The minimum absolute atomic E-state index is 0. The number of benzene rings is 1. The maximum absolute atomic E-state index is 13.7. The molecule has 0 radical (unpaired) electrons. The van der Waals surface area contributed by atoms with Gasteiger partial charge in [0, 0.05) is 56.6 Å². The predicted molar refractivity (Wildman–Crippen MR) is 156 cm³/mol. The summed E-state index contributed by atoms with van der Waals surface area (Å²) in [5.41, 5.74) is 0.579. The van der Waals surface area contributed by atoms with Crippen molar-refractivity contribution in [1.29, 1.82) is 0 Å². The second-order valence-corrected chi connectivity index (χ2v) is 13.6. The Kier molecular flexibility index (Phi) is 8.45. The first-order chi connectivity index (χ1) is 17.9. The van der Waals surface area contributed by atoms with E-state index in [2.05, 4.69) is 60.9 Å². The topological polar surface area (TPSA) is 64.2 Å². The van der Waals surface area contributed by atoms with Gasteiger partial charge in [-0.15, -0.1) is 12.4 Å². The summed E-state index contributed by atoms with van der Waals surface area (Å²) in [7, 11) is 0. The number of likely N-dealkylation sites (N-methyl/N-ethyl adjacent to an activating group) is 1. The normalized spacial score (nSPS) is 31.1.